The highest BCUT2D eigenvalue weighted by atomic mass is 16.6. The van der Waals surface area contributed by atoms with Crippen molar-refractivity contribution in [3.8, 4) is 0 Å². The van der Waals surface area contributed by atoms with E-state index in [0.29, 0.717) is 6.61 Å². The van der Waals surface area contributed by atoms with E-state index in [9.17, 15) is 9.59 Å². The van der Waals surface area contributed by atoms with Gasteiger partial charge in [0.05, 0.1) is 19.3 Å². The molecule has 0 aliphatic carbocycles. The Hall–Kier alpha value is -3.10. The lowest BCUT2D eigenvalue weighted by Gasteiger charge is -2.35. The summed E-state index contributed by atoms with van der Waals surface area (Å²) in [6.45, 7) is 9.96. The number of alkyl carbamates (subject to hydrolysis) is 1. The number of hydrogen-bond donors (Lipinski definition) is 1. The van der Waals surface area contributed by atoms with Gasteiger partial charge in [0.2, 0.25) is 0 Å². The Bertz CT molecular complexity index is 959. The monoisotopic (exact) mass is 484 g/mol. The summed E-state index contributed by atoms with van der Waals surface area (Å²) in [5.74, 6) is 0. The van der Waals surface area contributed by atoms with E-state index in [1.165, 1.54) is 0 Å². The van der Waals surface area contributed by atoms with E-state index in [1.807, 2.05) is 81.4 Å². The van der Waals surface area contributed by atoms with Crippen LogP contribution in [0.25, 0.3) is 0 Å². The minimum absolute atomic E-state index is 0.149. The van der Waals surface area contributed by atoms with Crippen molar-refractivity contribution >= 4 is 12.2 Å². The molecular weight excluding hydrogens is 448 g/mol. The van der Waals surface area contributed by atoms with Gasteiger partial charge < -0.3 is 24.3 Å². The molecule has 1 fully saturated rings. The molecule has 2 aromatic rings. The maximum absolute atomic E-state index is 13.1. The van der Waals surface area contributed by atoms with Gasteiger partial charge in [-0.1, -0.05) is 60.7 Å². The van der Waals surface area contributed by atoms with Crippen LogP contribution in [0, 0.1) is 0 Å². The van der Waals surface area contributed by atoms with Crippen molar-refractivity contribution in [2.45, 2.75) is 71.3 Å². The standard InChI is InChI=1S/C27H36N2O6/c1-26(2,3)35-25(31)29-22(19-32-17-20-12-8-6-9-13-20)23(34-27(29,4)5)16-28-24(30)33-18-21-14-10-7-11-15-21/h6-15,22-23H,16-19H2,1-5H3,(H,28,30). The second-order valence-corrected chi connectivity index (χ2v) is 9.96. The van der Waals surface area contributed by atoms with E-state index in [2.05, 4.69) is 5.32 Å². The average Bonchev–Trinajstić information content (AvgIpc) is 3.06. The predicted molar refractivity (Wildman–Crippen MR) is 132 cm³/mol. The van der Waals surface area contributed by atoms with Crippen molar-refractivity contribution in [1.82, 2.24) is 10.2 Å². The van der Waals surface area contributed by atoms with Crippen molar-refractivity contribution in [1.29, 1.82) is 0 Å². The summed E-state index contributed by atoms with van der Waals surface area (Å²) in [4.78, 5) is 27.0. The molecule has 1 N–H and O–H groups in total. The van der Waals surface area contributed by atoms with Crippen LogP contribution in [-0.2, 0) is 32.2 Å². The van der Waals surface area contributed by atoms with Gasteiger partial charge in [-0.3, -0.25) is 4.90 Å². The normalized spacial score (nSPS) is 19.3. The van der Waals surface area contributed by atoms with Gasteiger partial charge in [-0.25, -0.2) is 9.59 Å². The van der Waals surface area contributed by atoms with Crippen LogP contribution < -0.4 is 5.32 Å². The first-order valence-corrected chi connectivity index (χ1v) is 11.8. The lowest BCUT2D eigenvalue weighted by Crippen LogP contribution is -2.52. The quantitative estimate of drug-likeness (QED) is 0.575. The van der Waals surface area contributed by atoms with Crippen LogP contribution in [0.4, 0.5) is 9.59 Å². The summed E-state index contributed by atoms with van der Waals surface area (Å²) >= 11 is 0. The summed E-state index contributed by atoms with van der Waals surface area (Å²) in [5.41, 5.74) is 0.293. The third kappa shape index (κ3) is 7.97. The van der Waals surface area contributed by atoms with Crippen LogP contribution >= 0.6 is 0 Å². The van der Waals surface area contributed by atoms with Gasteiger partial charge in [-0.2, -0.15) is 0 Å². The van der Waals surface area contributed by atoms with Gasteiger partial charge in [0, 0.05) is 6.54 Å². The SMILES string of the molecule is CC(C)(C)OC(=O)N1C(COCc2ccccc2)C(CNC(=O)OCc2ccccc2)OC1(C)C. The fraction of sp³-hybridized carbons (Fsp3) is 0.481. The molecule has 1 heterocycles. The van der Waals surface area contributed by atoms with Gasteiger partial charge in [0.15, 0.2) is 0 Å². The Labute approximate surface area is 207 Å². The maximum atomic E-state index is 13.1. The number of carbonyl (C=O) groups excluding carboxylic acids is 2. The highest BCUT2D eigenvalue weighted by Gasteiger charge is 2.51. The van der Waals surface area contributed by atoms with Crippen LogP contribution in [-0.4, -0.2) is 53.7 Å². The first-order valence-electron chi connectivity index (χ1n) is 11.8. The van der Waals surface area contributed by atoms with Crippen molar-refractivity contribution in [3.05, 3.63) is 71.8 Å². The molecule has 2 amide bonds. The Morgan fingerprint density at radius 3 is 2.11 bits per heavy atom. The summed E-state index contributed by atoms with van der Waals surface area (Å²) in [7, 11) is 0. The van der Waals surface area contributed by atoms with Crippen molar-refractivity contribution in [3.63, 3.8) is 0 Å². The van der Waals surface area contributed by atoms with Crippen molar-refractivity contribution in [2.75, 3.05) is 13.2 Å². The molecule has 0 bridgehead atoms. The third-order valence-corrected chi connectivity index (χ3v) is 5.43. The van der Waals surface area contributed by atoms with Gasteiger partial charge in [0.25, 0.3) is 0 Å². The largest absolute Gasteiger partial charge is 0.445 e. The van der Waals surface area contributed by atoms with Crippen molar-refractivity contribution in [2.24, 2.45) is 0 Å². The Morgan fingerprint density at radius 1 is 0.971 bits per heavy atom. The van der Waals surface area contributed by atoms with Gasteiger partial charge >= 0.3 is 12.2 Å². The van der Waals surface area contributed by atoms with Crippen LogP contribution in [0.5, 0.6) is 0 Å². The minimum Gasteiger partial charge on any atom is -0.445 e. The zero-order valence-electron chi connectivity index (χ0n) is 21.2. The molecule has 0 aromatic heterocycles. The number of hydrogen-bond acceptors (Lipinski definition) is 6. The molecule has 35 heavy (non-hydrogen) atoms. The molecule has 2 aromatic carbocycles. The molecule has 2 atom stereocenters. The van der Waals surface area contributed by atoms with E-state index in [1.54, 1.807) is 18.7 Å². The van der Waals surface area contributed by atoms with E-state index in [-0.39, 0.29) is 19.8 Å². The summed E-state index contributed by atoms with van der Waals surface area (Å²) in [5, 5.41) is 2.76. The molecule has 190 valence electrons. The highest BCUT2D eigenvalue weighted by Crippen LogP contribution is 2.34. The number of rotatable bonds is 8. The molecule has 8 heteroatoms. The first kappa shape index (κ1) is 26.5. The van der Waals surface area contributed by atoms with Gasteiger partial charge in [0.1, 0.15) is 24.0 Å². The maximum Gasteiger partial charge on any atom is 0.412 e. The zero-order chi connectivity index (χ0) is 25.5. The topological polar surface area (TPSA) is 86.3 Å². The summed E-state index contributed by atoms with van der Waals surface area (Å²) in [6, 6.07) is 18.8. The highest BCUT2D eigenvalue weighted by molar-refractivity contribution is 5.70. The summed E-state index contributed by atoms with van der Waals surface area (Å²) in [6.07, 6.45) is -1.57. The Kier molecular flexibility index (Phi) is 8.75. The number of ether oxygens (including phenoxy) is 4. The molecule has 0 saturated carbocycles. The van der Waals surface area contributed by atoms with Crippen LogP contribution in [0.2, 0.25) is 0 Å². The molecule has 3 rings (SSSR count). The fourth-order valence-corrected chi connectivity index (χ4v) is 3.93. The van der Waals surface area contributed by atoms with Gasteiger partial charge in [-0.15, -0.1) is 0 Å². The van der Waals surface area contributed by atoms with Crippen LogP contribution in [0.3, 0.4) is 0 Å². The summed E-state index contributed by atoms with van der Waals surface area (Å²) < 4.78 is 23.1. The number of amides is 2. The second kappa shape index (κ2) is 11.6. The number of benzene rings is 2. The van der Waals surface area contributed by atoms with Crippen LogP contribution in [0.15, 0.2) is 60.7 Å². The zero-order valence-corrected chi connectivity index (χ0v) is 21.2. The predicted octanol–water partition coefficient (Wildman–Crippen LogP) is 4.87. The smallest absolute Gasteiger partial charge is 0.412 e. The lowest BCUT2D eigenvalue weighted by molar-refractivity contribution is -0.0789. The van der Waals surface area contributed by atoms with Gasteiger partial charge in [-0.05, 0) is 45.7 Å². The minimum atomic E-state index is -0.955. The molecule has 1 aliphatic rings. The second-order valence-electron chi connectivity index (χ2n) is 9.96. The molecule has 0 spiro atoms. The van der Waals surface area contributed by atoms with E-state index in [4.69, 9.17) is 18.9 Å². The van der Waals surface area contributed by atoms with E-state index >= 15 is 0 Å². The Balaban J connectivity index is 1.65. The molecule has 8 nitrogen and oxygen atoms in total. The van der Waals surface area contributed by atoms with Crippen molar-refractivity contribution < 1.29 is 28.5 Å². The number of carbonyl (C=O) groups is 2. The van der Waals surface area contributed by atoms with E-state index in [0.717, 1.165) is 11.1 Å². The molecule has 0 radical (unpaired) electrons. The average molecular weight is 485 g/mol. The first-order chi connectivity index (χ1) is 16.5. The molecule has 1 aliphatic heterocycles. The fourth-order valence-electron chi connectivity index (χ4n) is 3.93. The number of nitrogens with zero attached hydrogens (tertiary/aromatic N) is 1. The molecule has 2 unspecified atom stereocenters. The molecule has 1 saturated heterocycles. The molecular formula is C27H36N2O6. The third-order valence-electron chi connectivity index (χ3n) is 5.43. The lowest BCUT2D eigenvalue weighted by atomic mass is 10.1. The number of nitrogens with one attached hydrogen (secondary N) is 1. The van der Waals surface area contributed by atoms with E-state index < -0.39 is 35.7 Å². The Morgan fingerprint density at radius 2 is 1.54 bits per heavy atom. The van der Waals surface area contributed by atoms with Crippen LogP contribution in [0.1, 0.15) is 45.7 Å².